The summed E-state index contributed by atoms with van der Waals surface area (Å²) in [6, 6.07) is 11.5. The van der Waals surface area contributed by atoms with Crippen molar-refractivity contribution >= 4 is 17.3 Å². The zero-order valence-electron chi connectivity index (χ0n) is 14.2. The van der Waals surface area contributed by atoms with Crippen LogP contribution in [-0.2, 0) is 22.6 Å². The van der Waals surface area contributed by atoms with Gasteiger partial charge >= 0.3 is 5.97 Å². The number of aromatic nitrogens is 1. The van der Waals surface area contributed by atoms with Crippen LogP contribution in [-0.4, -0.2) is 17.6 Å². The number of benzene rings is 1. The van der Waals surface area contributed by atoms with E-state index in [1.807, 2.05) is 41.8 Å². The fourth-order valence-electron chi connectivity index (χ4n) is 2.22. The van der Waals surface area contributed by atoms with E-state index in [9.17, 15) is 4.79 Å². The Morgan fingerprint density at radius 3 is 2.72 bits per heavy atom. The fourth-order valence-corrected chi connectivity index (χ4v) is 2.87. The first-order valence-corrected chi connectivity index (χ1v) is 8.91. The Hall–Kier alpha value is -2.60. The van der Waals surface area contributed by atoms with E-state index in [0.717, 1.165) is 11.3 Å². The summed E-state index contributed by atoms with van der Waals surface area (Å²) in [7, 11) is 0. The first kappa shape index (κ1) is 17.2. The van der Waals surface area contributed by atoms with Crippen molar-refractivity contribution in [1.29, 1.82) is 0 Å². The molecule has 0 saturated carbocycles. The summed E-state index contributed by atoms with van der Waals surface area (Å²) in [5.41, 5.74) is 1.84. The maximum absolute atomic E-state index is 11.9. The van der Waals surface area contributed by atoms with Crippen LogP contribution in [0.2, 0.25) is 0 Å². The van der Waals surface area contributed by atoms with E-state index in [1.54, 1.807) is 18.3 Å². The van der Waals surface area contributed by atoms with Crippen LogP contribution in [0.4, 0.5) is 0 Å². The van der Waals surface area contributed by atoms with Gasteiger partial charge in [-0.05, 0) is 42.5 Å². The highest BCUT2D eigenvalue weighted by molar-refractivity contribution is 7.13. The fraction of sp³-hybridized carbons (Fsp3) is 0.263. The molecule has 0 aliphatic carbocycles. The third-order valence-electron chi connectivity index (χ3n) is 3.68. The van der Waals surface area contributed by atoms with Crippen molar-refractivity contribution in [1.82, 2.24) is 4.98 Å². The van der Waals surface area contributed by atoms with Crippen LogP contribution < -0.4 is 4.74 Å². The molecule has 130 valence electrons. The van der Waals surface area contributed by atoms with Crippen LogP contribution >= 0.6 is 11.3 Å². The zero-order valence-corrected chi connectivity index (χ0v) is 15.0. The second-order valence-electron chi connectivity index (χ2n) is 5.45. The Kier molecular flexibility index (Phi) is 5.50. The predicted octanol–water partition coefficient (Wildman–Crippen LogP) is 4.40. The topological polar surface area (TPSA) is 61.6 Å². The normalized spacial score (nSPS) is 10.6. The maximum Gasteiger partial charge on any atom is 0.344 e. The summed E-state index contributed by atoms with van der Waals surface area (Å²) in [6.45, 7) is 3.82. The van der Waals surface area contributed by atoms with E-state index in [-0.39, 0.29) is 13.2 Å². The minimum Gasteiger partial charge on any atom is -0.482 e. The predicted molar refractivity (Wildman–Crippen MR) is 95.7 cm³/mol. The van der Waals surface area contributed by atoms with Gasteiger partial charge in [0, 0.05) is 0 Å². The summed E-state index contributed by atoms with van der Waals surface area (Å²) in [5, 5.41) is 1.96. The molecule has 0 unspecified atom stereocenters. The van der Waals surface area contributed by atoms with E-state index in [2.05, 4.69) is 11.9 Å². The second-order valence-corrected chi connectivity index (χ2v) is 6.39. The van der Waals surface area contributed by atoms with Gasteiger partial charge in [-0.3, -0.25) is 0 Å². The van der Waals surface area contributed by atoms with Crippen LogP contribution in [0.3, 0.4) is 0 Å². The molecule has 5 nitrogen and oxygen atoms in total. The average Bonchev–Trinajstić information content (AvgIpc) is 3.28. The SMILES string of the molecule is CCc1ccc(OCC(=O)OCc2nc(-c3cccs3)oc2C)cc1. The molecule has 2 aromatic heterocycles. The molecule has 0 aliphatic heterocycles. The van der Waals surface area contributed by atoms with Crippen LogP contribution in [0.15, 0.2) is 46.2 Å². The molecule has 0 fully saturated rings. The summed E-state index contributed by atoms with van der Waals surface area (Å²) in [5.74, 6) is 1.39. The van der Waals surface area contributed by atoms with E-state index in [4.69, 9.17) is 13.9 Å². The second kappa shape index (κ2) is 7.98. The lowest BCUT2D eigenvalue weighted by Crippen LogP contribution is -2.15. The number of hydrogen-bond donors (Lipinski definition) is 0. The monoisotopic (exact) mass is 357 g/mol. The lowest BCUT2D eigenvalue weighted by Gasteiger charge is -2.07. The largest absolute Gasteiger partial charge is 0.482 e. The molecule has 3 rings (SSSR count). The van der Waals surface area contributed by atoms with Crippen molar-refractivity contribution < 1.29 is 18.7 Å². The van der Waals surface area contributed by atoms with E-state index in [0.29, 0.717) is 23.1 Å². The molecule has 3 aromatic rings. The van der Waals surface area contributed by atoms with Crippen molar-refractivity contribution in [2.24, 2.45) is 0 Å². The quantitative estimate of drug-likeness (QED) is 0.587. The van der Waals surface area contributed by atoms with Crippen molar-refractivity contribution in [2.45, 2.75) is 26.9 Å². The summed E-state index contributed by atoms with van der Waals surface area (Å²) >= 11 is 1.55. The number of oxazole rings is 1. The molecule has 0 N–H and O–H groups in total. The standard InChI is InChI=1S/C19H19NO4S/c1-3-14-6-8-15(9-7-14)22-12-18(21)23-11-16-13(2)24-19(20-16)17-5-4-10-25-17/h4-10H,3,11-12H2,1-2H3. The molecular formula is C19H19NO4S. The van der Waals surface area contributed by atoms with Gasteiger partial charge in [0.2, 0.25) is 5.89 Å². The molecule has 25 heavy (non-hydrogen) atoms. The first-order chi connectivity index (χ1) is 12.2. The third-order valence-corrected chi connectivity index (χ3v) is 4.54. The number of aryl methyl sites for hydroxylation is 2. The molecule has 2 heterocycles. The highest BCUT2D eigenvalue weighted by atomic mass is 32.1. The van der Waals surface area contributed by atoms with Crippen LogP contribution in [0.1, 0.15) is 23.9 Å². The molecule has 1 aromatic carbocycles. The van der Waals surface area contributed by atoms with Gasteiger partial charge in [0.1, 0.15) is 23.8 Å². The van der Waals surface area contributed by atoms with E-state index in [1.165, 1.54) is 5.56 Å². The maximum atomic E-state index is 11.9. The smallest absolute Gasteiger partial charge is 0.344 e. The third kappa shape index (κ3) is 4.48. The molecule has 0 bridgehead atoms. The van der Waals surface area contributed by atoms with Crippen molar-refractivity contribution in [3.8, 4) is 16.5 Å². The number of carbonyl (C=O) groups is 1. The van der Waals surface area contributed by atoms with Gasteiger partial charge in [-0.15, -0.1) is 11.3 Å². The van der Waals surface area contributed by atoms with Gasteiger partial charge in [-0.2, -0.15) is 0 Å². The molecule has 0 saturated heterocycles. The molecule has 0 amide bonds. The molecule has 0 aliphatic rings. The minimum absolute atomic E-state index is 0.0671. The van der Waals surface area contributed by atoms with E-state index >= 15 is 0 Å². The lowest BCUT2D eigenvalue weighted by molar-refractivity contribution is -0.147. The highest BCUT2D eigenvalue weighted by Gasteiger charge is 2.14. The molecule has 0 radical (unpaired) electrons. The van der Waals surface area contributed by atoms with Gasteiger partial charge in [0.25, 0.3) is 0 Å². The number of carbonyl (C=O) groups excluding carboxylic acids is 1. The highest BCUT2D eigenvalue weighted by Crippen LogP contribution is 2.26. The van der Waals surface area contributed by atoms with Gasteiger partial charge < -0.3 is 13.9 Å². The number of hydrogen-bond acceptors (Lipinski definition) is 6. The van der Waals surface area contributed by atoms with Gasteiger partial charge in [0.15, 0.2) is 6.61 Å². The van der Waals surface area contributed by atoms with Crippen LogP contribution in [0.5, 0.6) is 5.75 Å². The number of thiophene rings is 1. The minimum atomic E-state index is -0.445. The van der Waals surface area contributed by atoms with E-state index < -0.39 is 5.97 Å². The Labute approximate surface area is 150 Å². The van der Waals surface area contributed by atoms with Crippen molar-refractivity contribution in [3.05, 3.63) is 58.8 Å². The first-order valence-electron chi connectivity index (χ1n) is 8.03. The van der Waals surface area contributed by atoms with Crippen molar-refractivity contribution in [2.75, 3.05) is 6.61 Å². The Morgan fingerprint density at radius 2 is 2.04 bits per heavy atom. The number of nitrogens with zero attached hydrogens (tertiary/aromatic N) is 1. The number of ether oxygens (including phenoxy) is 2. The summed E-state index contributed by atoms with van der Waals surface area (Å²) < 4.78 is 16.3. The Bertz CT molecular complexity index is 822. The van der Waals surface area contributed by atoms with Crippen LogP contribution in [0, 0.1) is 6.92 Å². The average molecular weight is 357 g/mol. The number of esters is 1. The Balaban J connectivity index is 1.50. The zero-order chi connectivity index (χ0) is 17.6. The summed E-state index contributed by atoms with van der Waals surface area (Å²) in [4.78, 5) is 17.2. The molecular weight excluding hydrogens is 338 g/mol. The molecule has 0 atom stereocenters. The number of rotatable bonds is 7. The Morgan fingerprint density at radius 1 is 1.24 bits per heavy atom. The van der Waals surface area contributed by atoms with Gasteiger partial charge in [0.05, 0.1) is 4.88 Å². The summed E-state index contributed by atoms with van der Waals surface area (Å²) in [6.07, 6.45) is 0.965. The molecule has 6 heteroatoms. The van der Waals surface area contributed by atoms with Gasteiger partial charge in [-0.25, -0.2) is 9.78 Å². The lowest BCUT2D eigenvalue weighted by atomic mass is 10.2. The van der Waals surface area contributed by atoms with Crippen molar-refractivity contribution in [3.63, 3.8) is 0 Å². The van der Waals surface area contributed by atoms with Crippen LogP contribution in [0.25, 0.3) is 10.8 Å². The van der Waals surface area contributed by atoms with Gasteiger partial charge in [-0.1, -0.05) is 25.1 Å². The molecule has 0 spiro atoms.